The molecule has 2 heterocycles. The number of thiophene rings is 1. The Kier molecular flexibility index (Phi) is 7.41. The lowest BCUT2D eigenvalue weighted by Gasteiger charge is -2.18. The lowest BCUT2D eigenvalue weighted by atomic mass is 10.1. The van der Waals surface area contributed by atoms with E-state index in [-0.39, 0.29) is 36.2 Å². The Hall–Kier alpha value is -3.20. The largest absolute Gasteiger partial charge is 0.460 e. The molecule has 1 aliphatic rings. The van der Waals surface area contributed by atoms with Crippen molar-refractivity contribution in [3.8, 4) is 0 Å². The average Bonchev–Trinajstić information content (AvgIpc) is 3.28. The van der Waals surface area contributed by atoms with Gasteiger partial charge in [-0.25, -0.2) is 9.59 Å². The first kappa shape index (κ1) is 22.5. The van der Waals surface area contributed by atoms with E-state index in [1.807, 2.05) is 13.8 Å². The van der Waals surface area contributed by atoms with Crippen LogP contribution in [0.1, 0.15) is 66.7 Å². The minimum atomic E-state index is -0.597. The molecule has 0 saturated carbocycles. The number of hydrogen-bond donors (Lipinski definition) is 2. The van der Waals surface area contributed by atoms with E-state index in [4.69, 9.17) is 9.47 Å². The Bertz CT molecular complexity index is 914. The number of rotatable bonds is 2. The Labute approximate surface area is 183 Å². The van der Waals surface area contributed by atoms with Crippen LogP contribution in [-0.2, 0) is 9.47 Å². The third-order valence-electron chi connectivity index (χ3n) is 4.87. The number of nitrogens with one attached hydrogen (secondary N) is 2. The van der Waals surface area contributed by atoms with E-state index in [9.17, 15) is 19.2 Å². The quantitative estimate of drug-likeness (QED) is 0.689. The van der Waals surface area contributed by atoms with Crippen LogP contribution in [0.25, 0.3) is 0 Å². The summed E-state index contributed by atoms with van der Waals surface area (Å²) in [4.78, 5) is 50.7. The van der Waals surface area contributed by atoms with Crippen molar-refractivity contribution in [1.29, 1.82) is 0 Å². The normalized spacial score (nSPS) is 20.6. The maximum absolute atomic E-state index is 12.6. The summed E-state index contributed by atoms with van der Waals surface area (Å²) < 4.78 is 10.7. The standard InChI is InChI=1S/C22H24N2O6S/c1-3-15-11-29-21(27)13-6-5-7-14(10-13)22(28)30-12-16(4-2)24-20(26)18-9-8-17(31-18)19(25)23-15/h5-10,15-16H,3-4,11-12H2,1-2H3,(H,23,25)(H,24,26). The van der Waals surface area contributed by atoms with Gasteiger partial charge in [-0.2, -0.15) is 0 Å². The molecule has 1 aliphatic heterocycles. The fraction of sp³-hybridized carbons (Fsp3) is 0.364. The maximum Gasteiger partial charge on any atom is 0.338 e. The number of ether oxygens (including phenoxy) is 2. The van der Waals surface area contributed by atoms with Crippen molar-refractivity contribution in [2.45, 2.75) is 38.8 Å². The van der Waals surface area contributed by atoms with E-state index in [1.165, 1.54) is 6.07 Å². The van der Waals surface area contributed by atoms with E-state index in [0.717, 1.165) is 11.3 Å². The first-order valence-corrected chi connectivity index (χ1v) is 10.9. The first-order valence-electron chi connectivity index (χ1n) is 10.1. The Morgan fingerprint density at radius 2 is 1.26 bits per heavy atom. The van der Waals surface area contributed by atoms with Gasteiger partial charge >= 0.3 is 11.9 Å². The Morgan fingerprint density at radius 1 is 0.806 bits per heavy atom. The van der Waals surface area contributed by atoms with Crippen molar-refractivity contribution in [1.82, 2.24) is 10.6 Å². The van der Waals surface area contributed by atoms with Gasteiger partial charge in [0.25, 0.3) is 11.8 Å². The van der Waals surface area contributed by atoms with Crippen LogP contribution < -0.4 is 10.6 Å². The molecular formula is C22H24N2O6S. The van der Waals surface area contributed by atoms with Gasteiger partial charge < -0.3 is 20.1 Å². The second-order valence-corrected chi connectivity index (χ2v) is 8.18. The molecular weight excluding hydrogens is 420 g/mol. The average molecular weight is 445 g/mol. The molecule has 1 aromatic carbocycles. The van der Waals surface area contributed by atoms with E-state index >= 15 is 0 Å². The van der Waals surface area contributed by atoms with Crippen molar-refractivity contribution in [3.05, 3.63) is 57.3 Å². The number of cyclic esters (lactones) is 2. The molecule has 2 N–H and O–H groups in total. The van der Waals surface area contributed by atoms with Gasteiger partial charge in [0.1, 0.15) is 13.2 Å². The summed E-state index contributed by atoms with van der Waals surface area (Å²) in [5, 5.41) is 5.65. The van der Waals surface area contributed by atoms with Crippen LogP contribution in [0.5, 0.6) is 0 Å². The van der Waals surface area contributed by atoms with Gasteiger partial charge in [0.15, 0.2) is 0 Å². The summed E-state index contributed by atoms with van der Waals surface area (Å²) in [7, 11) is 0. The predicted molar refractivity (Wildman–Crippen MR) is 114 cm³/mol. The molecule has 2 amide bonds. The van der Waals surface area contributed by atoms with Gasteiger partial charge in [0.2, 0.25) is 0 Å². The summed E-state index contributed by atoms with van der Waals surface area (Å²) >= 11 is 1.07. The van der Waals surface area contributed by atoms with Gasteiger partial charge in [-0.1, -0.05) is 19.9 Å². The number of esters is 2. The highest BCUT2D eigenvalue weighted by Crippen LogP contribution is 2.18. The van der Waals surface area contributed by atoms with Crippen molar-refractivity contribution in [2.24, 2.45) is 0 Å². The molecule has 2 unspecified atom stereocenters. The maximum atomic E-state index is 12.6. The smallest absolute Gasteiger partial charge is 0.338 e. The minimum Gasteiger partial charge on any atom is -0.460 e. The second-order valence-electron chi connectivity index (χ2n) is 7.10. The second kappa shape index (κ2) is 10.2. The number of carbonyl (C=O) groups is 4. The molecule has 0 radical (unpaired) electrons. The molecule has 0 saturated heterocycles. The summed E-state index contributed by atoms with van der Waals surface area (Å²) in [5.41, 5.74) is 0.417. The number of carbonyl (C=O) groups excluding carboxylic acids is 4. The lowest BCUT2D eigenvalue weighted by Crippen LogP contribution is -2.38. The third kappa shape index (κ3) is 5.69. The van der Waals surface area contributed by atoms with E-state index in [0.29, 0.717) is 22.6 Å². The summed E-state index contributed by atoms with van der Waals surface area (Å²) in [6, 6.07) is 8.41. The molecule has 8 nitrogen and oxygen atoms in total. The predicted octanol–water partition coefficient (Wildman–Crippen LogP) is 2.79. The zero-order valence-corrected chi connectivity index (χ0v) is 18.1. The summed E-state index contributed by atoms with van der Waals surface area (Å²) in [6.07, 6.45) is 1.09. The SMILES string of the molecule is CCC1COC(=O)c2cccc(c2)C(=O)OCC(CC)NC(=O)c2ccc(s2)C(=O)N1. The van der Waals surface area contributed by atoms with Crippen LogP contribution in [0.3, 0.4) is 0 Å². The number of hydrogen-bond acceptors (Lipinski definition) is 7. The monoisotopic (exact) mass is 444 g/mol. The van der Waals surface area contributed by atoms with Crippen molar-refractivity contribution in [3.63, 3.8) is 0 Å². The van der Waals surface area contributed by atoms with Gasteiger partial charge in [-0.3, -0.25) is 9.59 Å². The van der Waals surface area contributed by atoms with Gasteiger partial charge in [-0.15, -0.1) is 11.3 Å². The van der Waals surface area contributed by atoms with Crippen LogP contribution in [0.2, 0.25) is 0 Å². The molecule has 9 heteroatoms. The molecule has 1 aromatic heterocycles. The van der Waals surface area contributed by atoms with Crippen LogP contribution in [0.15, 0.2) is 36.4 Å². The first-order chi connectivity index (χ1) is 14.9. The molecule has 164 valence electrons. The molecule has 4 bridgehead atoms. The molecule has 2 atom stereocenters. The third-order valence-corrected chi connectivity index (χ3v) is 5.96. The number of amides is 2. The number of benzene rings is 1. The van der Waals surface area contributed by atoms with Crippen molar-refractivity contribution < 1.29 is 28.7 Å². The molecule has 2 aromatic rings. The van der Waals surface area contributed by atoms with Gasteiger partial charge in [0.05, 0.1) is 33.0 Å². The van der Waals surface area contributed by atoms with E-state index in [1.54, 1.807) is 30.3 Å². The van der Waals surface area contributed by atoms with E-state index < -0.39 is 24.0 Å². The Balaban J connectivity index is 1.87. The van der Waals surface area contributed by atoms with E-state index in [2.05, 4.69) is 10.6 Å². The molecule has 0 spiro atoms. The van der Waals surface area contributed by atoms with Crippen LogP contribution in [0.4, 0.5) is 0 Å². The van der Waals surface area contributed by atoms with Crippen LogP contribution in [0, 0.1) is 0 Å². The van der Waals surface area contributed by atoms with Gasteiger partial charge in [-0.05, 0) is 43.2 Å². The highest BCUT2D eigenvalue weighted by molar-refractivity contribution is 7.15. The molecule has 0 aliphatic carbocycles. The van der Waals surface area contributed by atoms with Crippen molar-refractivity contribution in [2.75, 3.05) is 13.2 Å². The number of fused-ring (bicyclic) bond motifs is 4. The fourth-order valence-electron chi connectivity index (χ4n) is 2.91. The summed E-state index contributed by atoms with van der Waals surface area (Å²) in [6.45, 7) is 3.68. The molecule has 0 fully saturated rings. The van der Waals surface area contributed by atoms with Gasteiger partial charge in [0, 0.05) is 0 Å². The fourth-order valence-corrected chi connectivity index (χ4v) is 3.72. The van der Waals surface area contributed by atoms with Crippen LogP contribution in [-0.4, -0.2) is 49.1 Å². The highest BCUT2D eigenvalue weighted by Gasteiger charge is 2.21. The topological polar surface area (TPSA) is 111 Å². The Morgan fingerprint density at radius 3 is 1.68 bits per heavy atom. The lowest BCUT2D eigenvalue weighted by molar-refractivity contribution is 0.0449. The summed E-state index contributed by atoms with van der Waals surface area (Å²) in [5.74, 6) is -1.87. The van der Waals surface area contributed by atoms with Crippen LogP contribution >= 0.6 is 11.3 Å². The molecule has 3 rings (SSSR count). The highest BCUT2D eigenvalue weighted by atomic mass is 32.1. The van der Waals surface area contributed by atoms with Crippen molar-refractivity contribution >= 4 is 35.1 Å². The zero-order chi connectivity index (χ0) is 22.4. The molecule has 31 heavy (non-hydrogen) atoms. The zero-order valence-electron chi connectivity index (χ0n) is 17.3. The minimum absolute atomic E-state index is 0.0212.